The van der Waals surface area contributed by atoms with E-state index < -0.39 is 0 Å². The van der Waals surface area contributed by atoms with Crippen molar-refractivity contribution in [3.63, 3.8) is 0 Å². The van der Waals surface area contributed by atoms with E-state index >= 15 is 0 Å². The molecule has 3 rings (SSSR count). The molecule has 2 heterocycles. The molecule has 2 aromatic heterocycles. The zero-order chi connectivity index (χ0) is 11.8. The number of furan rings is 1. The van der Waals surface area contributed by atoms with Crippen molar-refractivity contribution in [1.82, 2.24) is 10.1 Å². The molecule has 0 spiro atoms. The Morgan fingerprint density at radius 1 is 1.35 bits per heavy atom. The second-order valence-corrected chi connectivity index (χ2v) is 3.85. The van der Waals surface area contributed by atoms with E-state index in [0.717, 1.165) is 22.1 Å². The first kappa shape index (κ1) is 10.0. The monoisotopic (exact) mass is 229 g/mol. The van der Waals surface area contributed by atoms with Crippen LogP contribution in [0.1, 0.15) is 11.5 Å². The highest BCUT2D eigenvalue weighted by atomic mass is 16.5. The van der Waals surface area contributed by atoms with E-state index in [9.17, 15) is 0 Å². The Balaban J connectivity index is 2.11. The summed E-state index contributed by atoms with van der Waals surface area (Å²) in [5, 5.41) is 4.96. The van der Waals surface area contributed by atoms with Gasteiger partial charge in [-0.05, 0) is 18.6 Å². The first-order valence-corrected chi connectivity index (χ1v) is 5.29. The van der Waals surface area contributed by atoms with Gasteiger partial charge in [0.1, 0.15) is 5.58 Å². The second-order valence-electron chi connectivity index (χ2n) is 3.85. The van der Waals surface area contributed by atoms with Crippen LogP contribution in [0.3, 0.4) is 0 Å². The molecule has 0 aliphatic carbocycles. The summed E-state index contributed by atoms with van der Waals surface area (Å²) in [5.41, 5.74) is 8.21. The summed E-state index contributed by atoms with van der Waals surface area (Å²) >= 11 is 0. The topological polar surface area (TPSA) is 78.1 Å². The molecule has 0 bridgehead atoms. The molecule has 0 aliphatic heterocycles. The molecule has 0 fully saturated rings. The van der Waals surface area contributed by atoms with Crippen molar-refractivity contribution in [2.75, 3.05) is 0 Å². The van der Waals surface area contributed by atoms with Crippen LogP contribution in [0.2, 0.25) is 0 Å². The number of nitrogens with two attached hydrogens (primary N) is 1. The standard InChI is InChI=1S/C12H11N3O2/c1-7-6-16-10-4-8(2-3-9(7)10)12-14-11(5-13)17-15-12/h2-4,6H,5,13H2,1H3. The van der Waals surface area contributed by atoms with Crippen molar-refractivity contribution in [1.29, 1.82) is 0 Å². The number of hydrogen-bond acceptors (Lipinski definition) is 5. The van der Waals surface area contributed by atoms with Gasteiger partial charge in [-0.1, -0.05) is 17.3 Å². The van der Waals surface area contributed by atoms with Crippen LogP contribution in [0.4, 0.5) is 0 Å². The molecule has 1 aromatic carbocycles. The minimum atomic E-state index is 0.245. The third-order valence-corrected chi connectivity index (χ3v) is 2.67. The van der Waals surface area contributed by atoms with E-state index in [2.05, 4.69) is 10.1 Å². The summed E-state index contributed by atoms with van der Waals surface area (Å²) in [5.74, 6) is 0.956. The number of nitrogens with zero attached hydrogens (tertiary/aromatic N) is 2. The quantitative estimate of drug-likeness (QED) is 0.729. The molecule has 17 heavy (non-hydrogen) atoms. The number of aromatic nitrogens is 2. The largest absolute Gasteiger partial charge is 0.464 e. The van der Waals surface area contributed by atoms with Crippen molar-refractivity contribution in [2.45, 2.75) is 13.5 Å². The van der Waals surface area contributed by atoms with Crippen LogP contribution in [0, 0.1) is 6.92 Å². The Morgan fingerprint density at radius 3 is 3.00 bits per heavy atom. The fourth-order valence-electron chi connectivity index (χ4n) is 1.76. The van der Waals surface area contributed by atoms with Crippen molar-refractivity contribution >= 4 is 11.0 Å². The number of benzene rings is 1. The van der Waals surface area contributed by atoms with Crippen molar-refractivity contribution in [3.8, 4) is 11.4 Å². The van der Waals surface area contributed by atoms with Gasteiger partial charge >= 0.3 is 0 Å². The highest BCUT2D eigenvalue weighted by Gasteiger charge is 2.09. The Bertz CT molecular complexity index is 669. The fraction of sp³-hybridized carbons (Fsp3) is 0.167. The van der Waals surface area contributed by atoms with Crippen LogP contribution in [0.5, 0.6) is 0 Å². The van der Waals surface area contributed by atoms with Gasteiger partial charge in [0, 0.05) is 10.9 Å². The summed E-state index contributed by atoms with van der Waals surface area (Å²) in [4.78, 5) is 4.17. The number of aryl methyl sites for hydroxylation is 1. The number of rotatable bonds is 2. The summed E-state index contributed by atoms with van der Waals surface area (Å²) in [6.07, 6.45) is 1.73. The maximum Gasteiger partial charge on any atom is 0.240 e. The highest BCUT2D eigenvalue weighted by molar-refractivity contribution is 5.84. The molecular formula is C12H11N3O2. The van der Waals surface area contributed by atoms with Gasteiger partial charge < -0.3 is 14.7 Å². The number of fused-ring (bicyclic) bond motifs is 1. The molecule has 0 unspecified atom stereocenters. The molecule has 3 aromatic rings. The molecule has 0 aliphatic rings. The molecule has 5 heteroatoms. The van der Waals surface area contributed by atoms with E-state index in [1.807, 2.05) is 25.1 Å². The van der Waals surface area contributed by atoms with Gasteiger partial charge in [0.15, 0.2) is 0 Å². The zero-order valence-corrected chi connectivity index (χ0v) is 9.30. The highest BCUT2D eigenvalue weighted by Crippen LogP contribution is 2.25. The average Bonchev–Trinajstić information content (AvgIpc) is 2.96. The summed E-state index contributed by atoms with van der Waals surface area (Å²) in [6, 6.07) is 5.82. The SMILES string of the molecule is Cc1coc2cc(-c3noc(CN)n3)ccc12. The Morgan fingerprint density at radius 2 is 2.24 bits per heavy atom. The molecule has 0 atom stereocenters. The summed E-state index contributed by atoms with van der Waals surface area (Å²) in [6.45, 7) is 2.25. The van der Waals surface area contributed by atoms with Gasteiger partial charge in [0.2, 0.25) is 11.7 Å². The third-order valence-electron chi connectivity index (χ3n) is 2.67. The number of hydrogen-bond donors (Lipinski definition) is 1. The molecule has 0 radical (unpaired) electrons. The molecular weight excluding hydrogens is 218 g/mol. The molecule has 86 valence electrons. The van der Waals surface area contributed by atoms with E-state index in [1.165, 1.54) is 0 Å². The lowest BCUT2D eigenvalue weighted by atomic mass is 10.1. The van der Waals surface area contributed by atoms with Gasteiger partial charge in [-0.2, -0.15) is 4.98 Å². The molecule has 0 amide bonds. The van der Waals surface area contributed by atoms with Gasteiger partial charge in [-0.15, -0.1) is 0 Å². The Labute approximate surface area is 97.2 Å². The van der Waals surface area contributed by atoms with Crippen LogP contribution >= 0.6 is 0 Å². The minimum absolute atomic E-state index is 0.245. The average molecular weight is 229 g/mol. The maximum absolute atomic E-state index is 5.43. The lowest BCUT2D eigenvalue weighted by molar-refractivity contribution is 0.380. The molecule has 2 N–H and O–H groups in total. The van der Waals surface area contributed by atoms with Gasteiger partial charge in [-0.3, -0.25) is 0 Å². The van der Waals surface area contributed by atoms with Crippen molar-refractivity contribution < 1.29 is 8.94 Å². The Hall–Kier alpha value is -2.14. The lowest BCUT2D eigenvalue weighted by Crippen LogP contribution is -1.95. The van der Waals surface area contributed by atoms with E-state index in [4.69, 9.17) is 14.7 Å². The van der Waals surface area contributed by atoms with Crippen LogP contribution in [-0.2, 0) is 6.54 Å². The molecule has 0 saturated heterocycles. The summed E-state index contributed by atoms with van der Waals surface area (Å²) in [7, 11) is 0. The van der Waals surface area contributed by atoms with E-state index in [0.29, 0.717) is 11.7 Å². The van der Waals surface area contributed by atoms with Gasteiger partial charge in [0.25, 0.3) is 0 Å². The summed E-state index contributed by atoms with van der Waals surface area (Å²) < 4.78 is 10.4. The normalized spacial score (nSPS) is 11.2. The third kappa shape index (κ3) is 1.60. The second kappa shape index (κ2) is 3.71. The smallest absolute Gasteiger partial charge is 0.240 e. The first-order chi connectivity index (χ1) is 8.28. The van der Waals surface area contributed by atoms with Crippen molar-refractivity contribution in [3.05, 3.63) is 35.9 Å². The van der Waals surface area contributed by atoms with E-state index in [-0.39, 0.29) is 6.54 Å². The minimum Gasteiger partial charge on any atom is -0.464 e. The van der Waals surface area contributed by atoms with E-state index in [1.54, 1.807) is 6.26 Å². The van der Waals surface area contributed by atoms with Crippen LogP contribution < -0.4 is 5.73 Å². The fourth-order valence-corrected chi connectivity index (χ4v) is 1.76. The molecule has 5 nitrogen and oxygen atoms in total. The zero-order valence-electron chi connectivity index (χ0n) is 9.30. The van der Waals surface area contributed by atoms with Gasteiger partial charge in [-0.25, -0.2) is 0 Å². The molecule has 0 saturated carbocycles. The maximum atomic E-state index is 5.43. The predicted octanol–water partition coefficient (Wildman–Crippen LogP) is 2.25. The van der Waals surface area contributed by atoms with Crippen molar-refractivity contribution in [2.24, 2.45) is 5.73 Å². The van der Waals surface area contributed by atoms with Gasteiger partial charge in [0.05, 0.1) is 12.8 Å². The van der Waals surface area contributed by atoms with Crippen LogP contribution in [0.15, 0.2) is 33.4 Å². The predicted molar refractivity (Wildman–Crippen MR) is 62.1 cm³/mol. The Kier molecular flexibility index (Phi) is 2.19. The lowest BCUT2D eigenvalue weighted by Gasteiger charge is -1.94. The van der Waals surface area contributed by atoms with Crippen LogP contribution in [0.25, 0.3) is 22.4 Å². The van der Waals surface area contributed by atoms with Crippen LogP contribution in [-0.4, -0.2) is 10.1 Å². The first-order valence-electron chi connectivity index (χ1n) is 5.29.